The molecule has 0 bridgehead atoms. The molecule has 2 aromatic rings. The Hall–Kier alpha value is -1.78. The molecule has 0 amide bonds. The summed E-state index contributed by atoms with van der Waals surface area (Å²) in [6, 6.07) is 4.75. The number of halogens is 2. The van der Waals surface area contributed by atoms with Crippen LogP contribution in [0.3, 0.4) is 0 Å². The number of hydrogen-bond acceptors (Lipinski definition) is 2. The molecule has 0 atom stereocenters. The summed E-state index contributed by atoms with van der Waals surface area (Å²) in [5.41, 5.74) is 7.24. The molecule has 16 heavy (non-hydrogen) atoms. The molecule has 2 N–H and O–H groups in total. The number of benzene rings is 1. The van der Waals surface area contributed by atoms with Crippen molar-refractivity contribution in [3.8, 4) is 5.75 Å². The highest BCUT2D eigenvalue weighted by molar-refractivity contribution is 5.92. The number of nitrogens with zero attached hydrogens (tertiary/aromatic N) is 1. The first kappa shape index (κ1) is 10.7. The normalized spacial score (nSPS) is 11.2. The van der Waals surface area contributed by atoms with Gasteiger partial charge in [0.1, 0.15) is 5.75 Å². The summed E-state index contributed by atoms with van der Waals surface area (Å²) in [4.78, 5) is 0. The summed E-state index contributed by atoms with van der Waals surface area (Å²) >= 11 is 0. The van der Waals surface area contributed by atoms with Gasteiger partial charge in [-0.3, -0.25) is 0 Å². The number of rotatable bonds is 3. The molecule has 0 unspecified atom stereocenters. The van der Waals surface area contributed by atoms with Crippen LogP contribution in [0.25, 0.3) is 10.9 Å². The van der Waals surface area contributed by atoms with Crippen LogP contribution in [0.4, 0.5) is 14.5 Å². The maximum Gasteiger partial charge on any atom is 0.387 e. The summed E-state index contributed by atoms with van der Waals surface area (Å²) in [7, 11) is 0. The summed E-state index contributed by atoms with van der Waals surface area (Å²) in [5, 5.41) is 0.850. The number of fused-ring (bicyclic) bond motifs is 1. The van der Waals surface area contributed by atoms with Gasteiger partial charge in [-0.1, -0.05) is 0 Å². The summed E-state index contributed by atoms with van der Waals surface area (Å²) < 4.78 is 30.3. The molecule has 86 valence electrons. The number of alkyl halides is 2. The van der Waals surface area contributed by atoms with Gasteiger partial charge in [0.05, 0.1) is 11.2 Å². The lowest BCUT2D eigenvalue weighted by Crippen LogP contribution is -2.01. The topological polar surface area (TPSA) is 40.2 Å². The fourth-order valence-corrected chi connectivity index (χ4v) is 1.74. The lowest BCUT2D eigenvalue weighted by Gasteiger charge is -2.05. The minimum atomic E-state index is -2.81. The Kier molecular flexibility index (Phi) is 2.68. The first-order valence-electron chi connectivity index (χ1n) is 4.95. The number of nitrogen functional groups attached to an aromatic ring is 1. The Morgan fingerprint density at radius 1 is 1.44 bits per heavy atom. The lowest BCUT2D eigenvalue weighted by molar-refractivity contribution is -0.0497. The van der Waals surface area contributed by atoms with Crippen molar-refractivity contribution < 1.29 is 13.5 Å². The Labute approximate surface area is 91.4 Å². The Balaban J connectivity index is 2.51. The first-order chi connectivity index (χ1) is 7.61. The van der Waals surface area contributed by atoms with Gasteiger partial charge in [0, 0.05) is 24.2 Å². The van der Waals surface area contributed by atoms with Gasteiger partial charge in [0.25, 0.3) is 0 Å². The molecule has 1 aromatic heterocycles. The molecule has 0 aliphatic heterocycles. The monoisotopic (exact) mass is 226 g/mol. The molecule has 0 saturated carbocycles. The largest absolute Gasteiger partial charge is 0.435 e. The highest BCUT2D eigenvalue weighted by Gasteiger charge is 2.09. The fourth-order valence-electron chi connectivity index (χ4n) is 1.74. The average molecular weight is 226 g/mol. The van der Waals surface area contributed by atoms with Crippen LogP contribution in [-0.2, 0) is 6.54 Å². The van der Waals surface area contributed by atoms with Crippen LogP contribution in [0.2, 0.25) is 0 Å². The molecule has 0 saturated heterocycles. The highest BCUT2D eigenvalue weighted by Crippen LogP contribution is 2.28. The van der Waals surface area contributed by atoms with E-state index in [9.17, 15) is 8.78 Å². The van der Waals surface area contributed by atoms with E-state index in [4.69, 9.17) is 5.73 Å². The summed E-state index contributed by atoms with van der Waals surface area (Å²) in [6.07, 6.45) is 1.79. The van der Waals surface area contributed by atoms with Crippen LogP contribution in [-0.4, -0.2) is 11.2 Å². The van der Waals surface area contributed by atoms with Gasteiger partial charge in [-0.2, -0.15) is 8.78 Å². The molecule has 3 nitrogen and oxygen atoms in total. The van der Waals surface area contributed by atoms with E-state index < -0.39 is 6.61 Å². The van der Waals surface area contributed by atoms with Crippen molar-refractivity contribution in [1.29, 1.82) is 0 Å². The van der Waals surface area contributed by atoms with Crippen LogP contribution in [0.5, 0.6) is 5.75 Å². The molecule has 0 aliphatic carbocycles. The van der Waals surface area contributed by atoms with E-state index in [1.807, 2.05) is 11.5 Å². The van der Waals surface area contributed by atoms with E-state index >= 15 is 0 Å². The van der Waals surface area contributed by atoms with Crippen molar-refractivity contribution in [2.75, 3.05) is 5.73 Å². The molecule has 2 rings (SSSR count). The smallest absolute Gasteiger partial charge is 0.387 e. The van der Waals surface area contributed by atoms with E-state index in [0.29, 0.717) is 5.69 Å². The molecular weight excluding hydrogens is 214 g/mol. The highest BCUT2D eigenvalue weighted by atomic mass is 19.3. The van der Waals surface area contributed by atoms with Crippen LogP contribution in [0, 0.1) is 0 Å². The summed E-state index contributed by atoms with van der Waals surface area (Å²) in [5.74, 6) is 0.148. The fraction of sp³-hybridized carbons (Fsp3) is 0.273. The van der Waals surface area contributed by atoms with Crippen molar-refractivity contribution >= 4 is 16.6 Å². The summed E-state index contributed by atoms with van der Waals surface area (Å²) in [6.45, 7) is -0.120. The third kappa shape index (κ3) is 1.80. The second-order valence-corrected chi connectivity index (χ2v) is 3.43. The van der Waals surface area contributed by atoms with Gasteiger partial charge in [-0.05, 0) is 19.1 Å². The van der Waals surface area contributed by atoms with Crippen molar-refractivity contribution in [2.45, 2.75) is 20.1 Å². The number of ether oxygens (including phenoxy) is 1. The number of anilines is 1. The van der Waals surface area contributed by atoms with E-state index in [1.165, 1.54) is 6.07 Å². The number of hydrogen-bond donors (Lipinski definition) is 1. The van der Waals surface area contributed by atoms with Crippen LogP contribution < -0.4 is 10.5 Å². The molecular formula is C11H12F2N2O. The Bertz CT molecular complexity index is 508. The maximum atomic E-state index is 12.1. The predicted octanol–water partition coefficient (Wildman–Crippen LogP) is 2.84. The quantitative estimate of drug-likeness (QED) is 0.874. The van der Waals surface area contributed by atoms with Gasteiger partial charge >= 0.3 is 6.61 Å². The van der Waals surface area contributed by atoms with Crippen molar-refractivity contribution in [1.82, 2.24) is 4.57 Å². The van der Waals surface area contributed by atoms with E-state index in [-0.39, 0.29) is 5.75 Å². The molecule has 5 heteroatoms. The van der Waals surface area contributed by atoms with Crippen LogP contribution in [0.15, 0.2) is 24.4 Å². The third-order valence-electron chi connectivity index (χ3n) is 2.45. The maximum absolute atomic E-state index is 12.1. The minimum Gasteiger partial charge on any atom is -0.435 e. The van der Waals surface area contributed by atoms with Gasteiger partial charge in [-0.15, -0.1) is 0 Å². The average Bonchev–Trinajstić information content (AvgIpc) is 2.54. The van der Waals surface area contributed by atoms with E-state index in [1.54, 1.807) is 18.3 Å². The second kappa shape index (κ2) is 4.00. The van der Waals surface area contributed by atoms with Gasteiger partial charge in [0.2, 0.25) is 0 Å². The molecule has 0 radical (unpaired) electrons. The molecule has 1 heterocycles. The van der Waals surface area contributed by atoms with Gasteiger partial charge in [0.15, 0.2) is 0 Å². The van der Waals surface area contributed by atoms with Crippen molar-refractivity contribution in [3.05, 3.63) is 24.4 Å². The predicted molar refractivity (Wildman–Crippen MR) is 58.7 cm³/mol. The molecule has 0 aliphatic rings. The number of aryl methyl sites for hydroxylation is 1. The Morgan fingerprint density at radius 2 is 2.19 bits per heavy atom. The standard InChI is InChI=1S/C11H12F2N2O/c1-2-15-6-9(14)8-4-3-7(5-10(8)15)16-11(12)13/h3-6,11H,2,14H2,1H3. The zero-order chi connectivity index (χ0) is 11.7. The zero-order valence-corrected chi connectivity index (χ0v) is 8.78. The number of nitrogens with two attached hydrogens (primary N) is 1. The lowest BCUT2D eigenvalue weighted by atomic mass is 10.2. The van der Waals surface area contributed by atoms with Gasteiger partial charge in [-0.25, -0.2) is 0 Å². The molecule has 0 fully saturated rings. The van der Waals surface area contributed by atoms with Crippen LogP contribution >= 0.6 is 0 Å². The minimum absolute atomic E-state index is 0.148. The van der Waals surface area contributed by atoms with Crippen molar-refractivity contribution in [2.24, 2.45) is 0 Å². The SMILES string of the molecule is CCn1cc(N)c2ccc(OC(F)F)cc21. The molecule has 0 spiro atoms. The second-order valence-electron chi connectivity index (χ2n) is 3.43. The first-order valence-corrected chi connectivity index (χ1v) is 4.95. The van der Waals surface area contributed by atoms with Crippen LogP contribution in [0.1, 0.15) is 6.92 Å². The third-order valence-corrected chi connectivity index (χ3v) is 2.45. The van der Waals surface area contributed by atoms with Gasteiger partial charge < -0.3 is 15.0 Å². The number of aromatic nitrogens is 1. The van der Waals surface area contributed by atoms with E-state index in [2.05, 4.69) is 4.74 Å². The zero-order valence-electron chi connectivity index (χ0n) is 8.78. The molecule has 1 aromatic carbocycles. The van der Waals surface area contributed by atoms with E-state index in [0.717, 1.165) is 17.4 Å². The van der Waals surface area contributed by atoms with Crippen molar-refractivity contribution in [3.63, 3.8) is 0 Å². The Morgan fingerprint density at radius 3 is 2.81 bits per heavy atom.